The molecule has 0 saturated heterocycles. The standard InChI is InChI=1S/C15H23NO4/c1-5-20-10-13-8-12(6-7-14(13)19-4)15(17)16-11(2)9-18-3/h6-8,11H,5,9-10H2,1-4H3,(H,16,17). The molecular formula is C15H23NO4. The average Bonchev–Trinajstić information content (AvgIpc) is 2.44. The van der Waals surface area contributed by atoms with Crippen LogP contribution in [-0.2, 0) is 16.1 Å². The predicted octanol–water partition coefficient (Wildman–Crippen LogP) is 2.00. The summed E-state index contributed by atoms with van der Waals surface area (Å²) < 4.78 is 15.6. The van der Waals surface area contributed by atoms with Crippen molar-refractivity contribution in [3.63, 3.8) is 0 Å². The fraction of sp³-hybridized carbons (Fsp3) is 0.533. The lowest BCUT2D eigenvalue weighted by molar-refractivity contribution is 0.0905. The lowest BCUT2D eigenvalue weighted by atomic mass is 10.1. The Morgan fingerprint density at radius 3 is 2.70 bits per heavy atom. The quantitative estimate of drug-likeness (QED) is 0.792. The highest BCUT2D eigenvalue weighted by molar-refractivity contribution is 5.94. The fourth-order valence-corrected chi connectivity index (χ4v) is 1.84. The minimum Gasteiger partial charge on any atom is -0.496 e. The first-order valence-electron chi connectivity index (χ1n) is 6.66. The third-order valence-corrected chi connectivity index (χ3v) is 2.80. The van der Waals surface area contributed by atoms with Gasteiger partial charge in [0, 0.05) is 30.9 Å². The summed E-state index contributed by atoms with van der Waals surface area (Å²) in [7, 11) is 3.21. The molecule has 5 nitrogen and oxygen atoms in total. The smallest absolute Gasteiger partial charge is 0.251 e. The summed E-state index contributed by atoms with van der Waals surface area (Å²) in [5.74, 6) is 0.592. The summed E-state index contributed by atoms with van der Waals surface area (Å²) in [6.45, 7) is 5.34. The van der Waals surface area contributed by atoms with E-state index < -0.39 is 0 Å². The highest BCUT2D eigenvalue weighted by Crippen LogP contribution is 2.21. The van der Waals surface area contributed by atoms with Crippen LogP contribution in [0.3, 0.4) is 0 Å². The Bertz CT molecular complexity index is 434. The molecule has 112 valence electrons. The summed E-state index contributed by atoms with van der Waals surface area (Å²) in [6, 6.07) is 5.28. The van der Waals surface area contributed by atoms with E-state index in [1.165, 1.54) is 0 Å². The van der Waals surface area contributed by atoms with Crippen LogP contribution in [0.4, 0.5) is 0 Å². The molecule has 0 fully saturated rings. The van der Waals surface area contributed by atoms with E-state index >= 15 is 0 Å². The van der Waals surface area contributed by atoms with Crippen LogP contribution in [0.5, 0.6) is 5.75 Å². The average molecular weight is 281 g/mol. The summed E-state index contributed by atoms with van der Waals surface area (Å²) in [5.41, 5.74) is 1.45. The molecule has 0 aromatic heterocycles. The molecule has 0 bridgehead atoms. The Labute approximate surface area is 120 Å². The molecular weight excluding hydrogens is 258 g/mol. The largest absolute Gasteiger partial charge is 0.496 e. The van der Waals surface area contributed by atoms with Crippen molar-refractivity contribution in [2.24, 2.45) is 0 Å². The van der Waals surface area contributed by atoms with E-state index in [-0.39, 0.29) is 11.9 Å². The number of carbonyl (C=O) groups excluding carboxylic acids is 1. The Kier molecular flexibility index (Phi) is 7.04. The van der Waals surface area contributed by atoms with Gasteiger partial charge >= 0.3 is 0 Å². The third kappa shape index (κ3) is 4.83. The topological polar surface area (TPSA) is 56.8 Å². The Morgan fingerprint density at radius 1 is 1.35 bits per heavy atom. The summed E-state index contributed by atoms with van der Waals surface area (Å²) in [6.07, 6.45) is 0. The molecule has 20 heavy (non-hydrogen) atoms. The maximum absolute atomic E-state index is 12.1. The number of amides is 1. The number of rotatable bonds is 8. The van der Waals surface area contributed by atoms with Crippen molar-refractivity contribution in [3.05, 3.63) is 29.3 Å². The van der Waals surface area contributed by atoms with Crippen LogP contribution in [0, 0.1) is 0 Å². The number of ether oxygens (including phenoxy) is 3. The van der Waals surface area contributed by atoms with Crippen molar-refractivity contribution < 1.29 is 19.0 Å². The van der Waals surface area contributed by atoms with E-state index in [0.29, 0.717) is 25.4 Å². The minimum atomic E-state index is -0.130. The molecule has 0 heterocycles. The minimum absolute atomic E-state index is 0.0371. The highest BCUT2D eigenvalue weighted by atomic mass is 16.5. The molecule has 1 rings (SSSR count). The zero-order valence-corrected chi connectivity index (χ0v) is 12.6. The van der Waals surface area contributed by atoms with E-state index in [0.717, 1.165) is 11.3 Å². The number of hydrogen-bond donors (Lipinski definition) is 1. The summed E-state index contributed by atoms with van der Waals surface area (Å²) in [4.78, 5) is 12.1. The number of methoxy groups -OCH3 is 2. The third-order valence-electron chi connectivity index (χ3n) is 2.80. The molecule has 0 aliphatic heterocycles. The zero-order chi connectivity index (χ0) is 15.0. The molecule has 0 radical (unpaired) electrons. The van der Waals surface area contributed by atoms with Gasteiger partial charge in [0.15, 0.2) is 0 Å². The SMILES string of the molecule is CCOCc1cc(C(=O)NC(C)COC)ccc1OC. The molecule has 1 N–H and O–H groups in total. The zero-order valence-electron chi connectivity index (χ0n) is 12.6. The van der Waals surface area contributed by atoms with Crippen molar-refractivity contribution in [3.8, 4) is 5.75 Å². The molecule has 1 unspecified atom stereocenters. The van der Waals surface area contributed by atoms with Crippen LogP contribution in [0.15, 0.2) is 18.2 Å². The second-order valence-corrected chi connectivity index (χ2v) is 4.49. The summed E-state index contributed by atoms with van der Waals surface area (Å²) in [5, 5.41) is 2.87. The molecule has 1 aromatic rings. The number of nitrogens with one attached hydrogen (secondary N) is 1. The van der Waals surface area contributed by atoms with Gasteiger partial charge in [0.2, 0.25) is 0 Å². The van der Waals surface area contributed by atoms with Gasteiger partial charge in [-0.2, -0.15) is 0 Å². The van der Waals surface area contributed by atoms with Crippen molar-refractivity contribution in [2.45, 2.75) is 26.5 Å². The molecule has 1 amide bonds. The van der Waals surface area contributed by atoms with E-state index in [9.17, 15) is 4.79 Å². The van der Waals surface area contributed by atoms with Crippen molar-refractivity contribution in [1.29, 1.82) is 0 Å². The Balaban J connectivity index is 2.81. The van der Waals surface area contributed by atoms with Crippen LogP contribution in [-0.4, -0.2) is 39.4 Å². The normalized spacial score (nSPS) is 12.0. The molecule has 5 heteroatoms. The molecule has 0 aliphatic carbocycles. The first kappa shape index (κ1) is 16.5. The van der Waals surface area contributed by atoms with E-state index in [1.54, 1.807) is 32.4 Å². The van der Waals surface area contributed by atoms with Gasteiger partial charge in [0.25, 0.3) is 5.91 Å². The van der Waals surface area contributed by atoms with Gasteiger partial charge in [-0.3, -0.25) is 4.79 Å². The fourth-order valence-electron chi connectivity index (χ4n) is 1.84. The van der Waals surface area contributed by atoms with Gasteiger partial charge in [-0.15, -0.1) is 0 Å². The Morgan fingerprint density at radius 2 is 2.10 bits per heavy atom. The summed E-state index contributed by atoms with van der Waals surface area (Å²) >= 11 is 0. The van der Waals surface area contributed by atoms with Gasteiger partial charge in [-0.05, 0) is 32.0 Å². The lowest BCUT2D eigenvalue weighted by Gasteiger charge is -2.14. The lowest BCUT2D eigenvalue weighted by Crippen LogP contribution is -2.35. The Hall–Kier alpha value is -1.59. The maximum Gasteiger partial charge on any atom is 0.251 e. The molecule has 1 atom stereocenters. The van der Waals surface area contributed by atoms with Crippen LogP contribution in [0.25, 0.3) is 0 Å². The van der Waals surface area contributed by atoms with Gasteiger partial charge < -0.3 is 19.5 Å². The maximum atomic E-state index is 12.1. The molecule has 0 aliphatic rings. The van der Waals surface area contributed by atoms with E-state index in [4.69, 9.17) is 14.2 Å². The highest BCUT2D eigenvalue weighted by Gasteiger charge is 2.12. The first-order chi connectivity index (χ1) is 9.62. The van der Waals surface area contributed by atoms with Crippen molar-refractivity contribution in [2.75, 3.05) is 27.4 Å². The van der Waals surface area contributed by atoms with Crippen LogP contribution in [0.1, 0.15) is 29.8 Å². The molecule has 1 aromatic carbocycles. The van der Waals surface area contributed by atoms with Gasteiger partial charge in [0.1, 0.15) is 5.75 Å². The monoisotopic (exact) mass is 281 g/mol. The second-order valence-electron chi connectivity index (χ2n) is 4.49. The van der Waals surface area contributed by atoms with Crippen molar-refractivity contribution in [1.82, 2.24) is 5.32 Å². The predicted molar refractivity (Wildman–Crippen MR) is 77.1 cm³/mol. The van der Waals surface area contributed by atoms with E-state index in [2.05, 4.69) is 5.32 Å². The van der Waals surface area contributed by atoms with Gasteiger partial charge in [-0.25, -0.2) is 0 Å². The molecule has 0 spiro atoms. The molecule has 0 saturated carbocycles. The number of benzene rings is 1. The number of hydrogen-bond acceptors (Lipinski definition) is 4. The van der Waals surface area contributed by atoms with Gasteiger partial charge in [-0.1, -0.05) is 0 Å². The van der Waals surface area contributed by atoms with Crippen molar-refractivity contribution >= 4 is 5.91 Å². The van der Waals surface area contributed by atoms with E-state index in [1.807, 2.05) is 13.8 Å². The second kappa shape index (κ2) is 8.55. The first-order valence-corrected chi connectivity index (χ1v) is 6.66. The number of carbonyl (C=O) groups is 1. The van der Waals surface area contributed by atoms with Crippen LogP contribution >= 0.6 is 0 Å². The van der Waals surface area contributed by atoms with Crippen LogP contribution in [0.2, 0.25) is 0 Å². The van der Waals surface area contributed by atoms with Crippen LogP contribution < -0.4 is 10.1 Å². The van der Waals surface area contributed by atoms with Gasteiger partial charge in [0.05, 0.1) is 20.3 Å².